The topological polar surface area (TPSA) is 18.5 Å². The van der Waals surface area contributed by atoms with Gasteiger partial charge < -0.3 is 5.32 Å². The number of fused-ring (bicyclic) bond motifs is 2. The van der Waals surface area contributed by atoms with Crippen molar-refractivity contribution < 1.29 is 0 Å². The van der Waals surface area contributed by atoms with Gasteiger partial charge in [-0.2, -0.15) is 0 Å². The van der Waals surface area contributed by atoms with E-state index in [0.717, 1.165) is 30.0 Å². The van der Waals surface area contributed by atoms with Gasteiger partial charge in [-0.1, -0.05) is 12.8 Å². The van der Waals surface area contributed by atoms with Crippen molar-refractivity contribution in [2.24, 2.45) is 11.8 Å². The molecule has 3 nitrogen and oxygen atoms in total. The van der Waals surface area contributed by atoms with Crippen molar-refractivity contribution in [1.29, 1.82) is 0 Å². The van der Waals surface area contributed by atoms with Crippen LogP contribution >= 0.6 is 0 Å². The molecule has 0 amide bonds. The Labute approximate surface area is 124 Å². The first kappa shape index (κ1) is 13.5. The molecule has 3 heteroatoms. The zero-order valence-corrected chi connectivity index (χ0v) is 13.1. The van der Waals surface area contributed by atoms with Crippen molar-refractivity contribution in [3.8, 4) is 0 Å². The van der Waals surface area contributed by atoms with E-state index >= 15 is 0 Å². The fourth-order valence-electron chi connectivity index (χ4n) is 5.42. The third kappa shape index (κ3) is 2.42. The Bertz CT molecular complexity index is 345. The summed E-state index contributed by atoms with van der Waals surface area (Å²) in [4.78, 5) is 5.58. The first-order valence-electron chi connectivity index (χ1n) is 9.03. The van der Waals surface area contributed by atoms with Crippen molar-refractivity contribution in [3.63, 3.8) is 0 Å². The van der Waals surface area contributed by atoms with Crippen LogP contribution in [0.25, 0.3) is 0 Å². The fourth-order valence-corrected chi connectivity index (χ4v) is 5.42. The van der Waals surface area contributed by atoms with Crippen LogP contribution in [0, 0.1) is 11.8 Å². The molecule has 0 radical (unpaired) electrons. The second-order valence-corrected chi connectivity index (χ2v) is 7.82. The van der Waals surface area contributed by atoms with Gasteiger partial charge >= 0.3 is 0 Å². The molecule has 3 aliphatic heterocycles. The zero-order valence-electron chi connectivity index (χ0n) is 13.1. The van der Waals surface area contributed by atoms with Crippen LogP contribution in [0.2, 0.25) is 0 Å². The monoisotopic (exact) mass is 277 g/mol. The maximum absolute atomic E-state index is 3.84. The van der Waals surface area contributed by atoms with Crippen LogP contribution in [0.1, 0.15) is 45.4 Å². The lowest BCUT2D eigenvalue weighted by atomic mass is 9.92. The van der Waals surface area contributed by atoms with Gasteiger partial charge in [0, 0.05) is 37.8 Å². The molecule has 0 aromatic rings. The summed E-state index contributed by atoms with van der Waals surface area (Å²) in [6.07, 6.45) is 8.78. The minimum absolute atomic E-state index is 0.756. The Hall–Kier alpha value is -0.120. The van der Waals surface area contributed by atoms with Crippen molar-refractivity contribution >= 4 is 0 Å². The Morgan fingerprint density at radius 3 is 2.95 bits per heavy atom. The van der Waals surface area contributed by atoms with Crippen molar-refractivity contribution in [2.75, 3.05) is 32.7 Å². The maximum atomic E-state index is 3.84. The summed E-state index contributed by atoms with van der Waals surface area (Å²) in [5, 5.41) is 3.84. The van der Waals surface area contributed by atoms with Gasteiger partial charge in [0.15, 0.2) is 0 Å². The molecule has 5 unspecified atom stereocenters. The minimum atomic E-state index is 0.756. The van der Waals surface area contributed by atoms with Crippen LogP contribution in [0.3, 0.4) is 0 Å². The van der Waals surface area contributed by atoms with Crippen molar-refractivity contribution in [2.45, 2.75) is 63.6 Å². The number of hydrogen-bond donors (Lipinski definition) is 1. The lowest BCUT2D eigenvalue weighted by Crippen LogP contribution is -2.60. The molecule has 0 bridgehead atoms. The second kappa shape index (κ2) is 5.58. The molecule has 20 heavy (non-hydrogen) atoms. The SMILES string of the molecule is CC1CN2CCCCC2CN1CC1NCC2CCCC21. The fraction of sp³-hybridized carbons (Fsp3) is 1.00. The Morgan fingerprint density at radius 1 is 1.05 bits per heavy atom. The van der Waals surface area contributed by atoms with Gasteiger partial charge in [-0.25, -0.2) is 0 Å². The van der Waals surface area contributed by atoms with E-state index in [1.165, 1.54) is 71.2 Å². The quantitative estimate of drug-likeness (QED) is 0.832. The Kier molecular flexibility index (Phi) is 3.78. The zero-order chi connectivity index (χ0) is 13.5. The van der Waals surface area contributed by atoms with Crippen LogP contribution in [0.4, 0.5) is 0 Å². The average molecular weight is 277 g/mol. The lowest BCUT2D eigenvalue weighted by molar-refractivity contribution is 0.00929. The molecule has 3 heterocycles. The number of nitrogens with zero attached hydrogens (tertiary/aromatic N) is 2. The predicted octanol–water partition coefficient (Wildman–Crippen LogP) is 1.93. The van der Waals surface area contributed by atoms with Gasteiger partial charge in [-0.05, 0) is 57.5 Å². The van der Waals surface area contributed by atoms with E-state index in [1.807, 2.05) is 0 Å². The molecule has 114 valence electrons. The first-order chi connectivity index (χ1) is 9.81. The summed E-state index contributed by atoms with van der Waals surface area (Å²) >= 11 is 0. The highest BCUT2D eigenvalue weighted by Gasteiger charge is 2.41. The molecule has 0 aromatic heterocycles. The minimum Gasteiger partial charge on any atom is -0.312 e. The predicted molar refractivity (Wildman–Crippen MR) is 82.9 cm³/mol. The summed E-state index contributed by atoms with van der Waals surface area (Å²) in [7, 11) is 0. The van der Waals surface area contributed by atoms with Gasteiger partial charge in [-0.15, -0.1) is 0 Å². The molecule has 5 atom stereocenters. The molecule has 1 saturated carbocycles. The Balaban J connectivity index is 1.38. The van der Waals surface area contributed by atoms with Gasteiger partial charge in [0.1, 0.15) is 0 Å². The molecular formula is C17H31N3. The van der Waals surface area contributed by atoms with E-state index in [-0.39, 0.29) is 0 Å². The molecule has 4 aliphatic rings. The Morgan fingerprint density at radius 2 is 2.00 bits per heavy atom. The largest absolute Gasteiger partial charge is 0.312 e. The first-order valence-corrected chi connectivity index (χ1v) is 9.03. The smallest absolute Gasteiger partial charge is 0.0226 e. The second-order valence-electron chi connectivity index (χ2n) is 7.82. The van der Waals surface area contributed by atoms with Crippen molar-refractivity contribution in [1.82, 2.24) is 15.1 Å². The summed E-state index contributed by atoms with van der Waals surface area (Å²) in [6, 6.07) is 2.41. The van der Waals surface area contributed by atoms with E-state index in [1.54, 1.807) is 0 Å². The number of rotatable bonds is 2. The highest BCUT2D eigenvalue weighted by molar-refractivity contribution is 4.98. The van der Waals surface area contributed by atoms with Crippen LogP contribution in [-0.4, -0.2) is 60.6 Å². The van der Waals surface area contributed by atoms with Gasteiger partial charge in [0.05, 0.1) is 0 Å². The van der Waals surface area contributed by atoms with E-state index in [9.17, 15) is 0 Å². The number of piperazine rings is 1. The van der Waals surface area contributed by atoms with E-state index < -0.39 is 0 Å². The third-order valence-corrected chi connectivity index (χ3v) is 6.62. The molecule has 3 saturated heterocycles. The summed E-state index contributed by atoms with van der Waals surface area (Å²) < 4.78 is 0. The highest BCUT2D eigenvalue weighted by Crippen LogP contribution is 2.38. The average Bonchev–Trinajstić information content (AvgIpc) is 3.04. The highest BCUT2D eigenvalue weighted by atomic mass is 15.3. The normalized spacial score (nSPS) is 46.4. The van der Waals surface area contributed by atoms with Crippen LogP contribution in [0.5, 0.6) is 0 Å². The van der Waals surface area contributed by atoms with E-state index in [4.69, 9.17) is 0 Å². The lowest BCUT2D eigenvalue weighted by Gasteiger charge is -2.48. The number of piperidine rings is 1. The maximum Gasteiger partial charge on any atom is 0.0226 e. The molecule has 0 spiro atoms. The molecule has 1 aliphatic carbocycles. The standard InChI is InChI=1S/C17H31N3/c1-13-10-19-8-3-2-6-15(19)11-20(13)12-17-16-7-4-5-14(16)9-18-17/h13-18H,2-12H2,1H3. The molecular weight excluding hydrogens is 246 g/mol. The van der Waals surface area contributed by atoms with Gasteiger partial charge in [-0.3, -0.25) is 9.80 Å². The number of hydrogen-bond acceptors (Lipinski definition) is 3. The summed E-state index contributed by atoms with van der Waals surface area (Å²) in [6.45, 7) is 9.06. The summed E-state index contributed by atoms with van der Waals surface area (Å²) in [5.41, 5.74) is 0. The molecule has 0 aromatic carbocycles. The molecule has 1 N–H and O–H groups in total. The van der Waals surface area contributed by atoms with Gasteiger partial charge in [0.25, 0.3) is 0 Å². The van der Waals surface area contributed by atoms with E-state index in [0.29, 0.717) is 0 Å². The van der Waals surface area contributed by atoms with Gasteiger partial charge in [0.2, 0.25) is 0 Å². The molecule has 4 fully saturated rings. The summed E-state index contributed by atoms with van der Waals surface area (Å²) in [5.74, 6) is 2.00. The third-order valence-electron chi connectivity index (χ3n) is 6.62. The van der Waals surface area contributed by atoms with Crippen LogP contribution < -0.4 is 5.32 Å². The van der Waals surface area contributed by atoms with Crippen molar-refractivity contribution in [3.05, 3.63) is 0 Å². The van der Waals surface area contributed by atoms with E-state index in [2.05, 4.69) is 22.0 Å². The molecule has 4 rings (SSSR count). The van der Waals surface area contributed by atoms with Crippen LogP contribution in [-0.2, 0) is 0 Å². The van der Waals surface area contributed by atoms with Crippen LogP contribution in [0.15, 0.2) is 0 Å². The number of nitrogens with one attached hydrogen (secondary N) is 1.